The predicted octanol–water partition coefficient (Wildman–Crippen LogP) is 0.891. The van der Waals surface area contributed by atoms with Gasteiger partial charge in [-0.1, -0.05) is 6.92 Å². The first-order valence-electron chi connectivity index (χ1n) is 7.26. The summed E-state index contributed by atoms with van der Waals surface area (Å²) >= 11 is 0. The van der Waals surface area contributed by atoms with Crippen LogP contribution in [0.15, 0.2) is 0 Å². The van der Waals surface area contributed by atoms with Gasteiger partial charge in [-0.2, -0.15) is 0 Å². The van der Waals surface area contributed by atoms with E-state index in [1.807, 2.05) is 6.92 Å². The summed E-state index contributed by atoms with van der Waals surface area (Å²) in [7, 11) is 2.20. The Labute approximate surface area is 112 Å². The summed E-state index contributed by atoms with van der Waals surface area (Å²) in [6.45, 7) is 10.1. The fourth-order valence-electron chi connectivity index (χ4n) is 3.04. The van der Waals surface area contributed by atoms with Crippen LogP contribution < -0.4 is 5.73 Å². The largest absolute Gasteiger partial charge is 0.389 e. The fourth-order valence-corrected chi connectivity index (χ4v) is 3.04. The number of likely N-dealkylation sites (N-methyl/N-ethyl adjacent to an activating group) is 1. The average Bonchev–Trinajstić information content (AvgIpc) is 2.50. The molecule has 1 rings (SSSR count). The highest BCUT2D eigenvalue weighted by molar-refractivity contribution is 4.86. The third-order valence-corrected chi connectivity index (χ3v) is 4.16. The van der Waals surface area contributed by atoms with Gasteiger partial charge in [0, 0.05) is 25.2 Å². The van der Waals surface area contributed by atoms with Crippen LogP contribution >= 0.6 is 0 Å². The molecule has 1 fully saturated rings. The van der Waals surface area contributed by atoms with Crippen molar-refractivity contribution in [3.8, 4) is 0 Å². The Balaban J connectivity index is 2.66. The van der Waals surface area contributed by atoms with Gasteiger partial charge in [-0.25, -0.2) is 0 Å². The van der Waals surface area contributed by atoms with Crippen molar-refractivity contribution in [1.82, 2.24) is 9.80 Å². The zero-order valence-corrected chi connectivity index (χ0v) is 12.5. The van der Waals surface area contributed by atoms with Crippen LogP contribution in [0.5, 0.6) is 0 Å². The molecule has 0 spiro atoms. The molecule has 0 saturated carbocycles. The Bertz CT molecular complexity index is 245. The van der Waals surface area contributed by atoms with Crippen LogP contribution in [0.4, 0.5) is 0 Å². The zero-order chi connectivity index (χ0) is 13.8. The molecule has 18 heavy (non-hydrogen) atoms. The van der Waals surface area contributed by atoms with Crippen molar-refractivity contribution in [3.63, 3.8) is 0 Å². The molecule has 0 bridgehead atoms. The Kier molecular flexibility index (Phi) is 6.05. The van der Waals surface area contributed by atoms with E-state index < -0.39 is 5.60 Å². The number of nitrogens with zero attached hydrogens (tertiary/aromatic N) is 2. The van der Waals surface area contributed by atoms with Gasteiger partial charge in [0.15, 0.2) is 0 Å². The first-order valence-corrected chi connectivity index (χ1v) is 7.26. The molecule has 1 saturated heterocycles. The molecule has 3 N–H and O–H groups in total. The van der Waals surface area contributed by atoms with E-state index in [0.29, 0.717) is 18.6 Å². The third kappa shape index (κ3) is 4.50. The lowest BCUT2D eigenvalue weighted by atomic mass is 9.95. The molecule has 4 nitrogen and oxygen atoms in total. The lowest BCUT2D eigenvalue weighted by Gasteiger charge is -2.38. The minimum Gasteiger partial charge on any atom is -0.389 e. The molecular weight excluding hydrogens is 226 g/mol. The highest BCUT2D eigenvalue weighted by Crippen LogP contribution is 2.21. The highest BCUT2D eigenvalue weighted by atomic mass is 16.3. The Hall–Kier alpha value is -0.160. The summed E-state index contributed by atoms with van der Waals surface area (Å²) in [5.74, 6) is 0. The molecule has 1 aliphatic rings. The monoisotopic (exact) mass is 257 g/mol. The smallest absolute Gasteiger partial charge is 0.0756 e. The van der Waals surface area contributed by atoms with Crippen molar-refractivity contribution in [1.29, 1.82) is 0 Å². The molecular formula is C14H31N3O. The molecule has 0 aromatic carbocycles. The standard InChI is InChI=1S/C14H31N3O/c1-5-13-10-16(4)7-6-8-17(13)12(2)9-14(3,18)11-15/h12-13,18H,5-11,15H2,1-4H3. The Morgan fingerprint density at radius 2 is 2.11 bits per heavy atom. The summed E-state index contributed by atoms with van der Waals surface area (Å²) in [6, 6.07) is 0.987. The van der Waals surface area contributed by atoms with Crippen molar-refractivity contribution in [3.05, 3.63) is 0 Å². The lowest BCUT2D eigenvalue weighted by Crippen LogP contribution is -2.49. The van der Waals surface area contributed by atoms with Gasteiger partial charge in [-0.15, -0.1) is 0 Å². The molecule has 0 aromatic heterocycles. The van der Waals surface area contributed by atoms with Crippen LogP contribution in [0.3, 0.4) is 0 Å². The molecule has 0 aliphatic carbocycles. The van der Waals surface area contributed by atoms with Gasteiger partial charge in [0.25, 0.3) is 0 Å². The Morgan fingerprint density at radius 1 is 1.44 bits per heavy atom. The topological polar surface area (TPSA) is 52.7 Å². The zero-order valence-electron chi connectivity index (χ0n) is 12.5. The first kappa shape index (κ1) is 15.9. The molecule has 0 radical (unpaired) electrons. The molecule has 4 heteroatoms. The van der Waals surface area contributed by atoms with Gasteiger partial charge < -0.3 is 15.7 Å². The van der Waals surface area contributed by atoms with Gasteiger partial charge in [0.1, 0.15) is 0 Å². The molecule has 3 unspecified atom stereocenters. The lowest BCUT2D eigenvalue weighted by molar-refractivity contribution is 0.0183. The SMILES string of the molecule is CCC1CN(C)CCCN1C(C)CC(C)(O)CN. The normalized spacial score (nSPS) is 28.7. The summed E-state index contributed by atoms with van der Waals surface area (Å²) in [5.41, 5.74) is 4.89. The highest BCUT2D eigenvalue weighted by Gasteiger charge is 2.30. The van der Waals surface area contributed by atoms with E-state index in [-0.39, 0.29) is 0 Å². The number of hydrogen-bond donors (Lipinski definition) is 2. The quantitative estimate of drug-likeness (QED) is 0.768. The average molecular weight is 257 g/mol. The molecule has 3 atom stereocenters. The van der Waals surface area contributed by atoms with Crippen LogP contribution in [0.25, 0.3) is 0 Å². The van der Waals surface area contributed by atoms with Crippen molar-refractivity contribution in [2.45, 2.75) is 57.7 Å². The van der Waals surface area contributed by atoms with E-state index in [0.717, 1.165) is 19.5 Å². The molecule has 1 heterocycles. The number of rotatable bonds is 5. The summed E-state index contributed by atoms with van der Waals surface area (Å²) in [4.78, 5) is 4.98. The molecule has 1 aliphatic heterocycles. The second kappa shape index (κ2) is 6.85. The number of aliphatic hydroxyl groups is 1. The minimum absolute atomic E-state index is 0.335. The van der Waals surface area contributed by atoms with E-state index in [1.165, 1.54) is 19.4 Å². The summed E-state index contributed by atoms with van der Waals surface area (Å²) in [6.07, 6.45) is 3.13. The molecule has 108 valence electrons. The maximum Gasteiger partial charge on any atom is 0.0756 e. The molecule has 0 amide bonds. The van der Waals surface area contributed by atoms with Crippen molar-refractivity contribution >= 4 is 0 Å². The molecule has 0 aromatic rings. The van der Waals surface area contributed by atoms with E-state index >= 15 is 0 Å². The van der Waals surface area contributed by atoms with Crippen LogP contribution in [0.2, 0.25) is 0 Å². The minimum atomic E-state index is -0.740. The maximum atomic E-state index is 10.1. The van der Waals surface area contributed by atoms with Gasteiger partial charge in [-0.05, 0) is 53.2 Å². The van der Waals surface area contributed by atoms with Gasteiger partial charge in [-0.3, -0.25) is 4.90 Å². The van der Waals surface area contributed by atoms with Gasteiger partial charge in [0.05, 0.1) is 5.60 Å². The maximum absolute atomic E-state index is 10.1. The van der Waals surface area contributed by atoms with E-state index in [4.69, 9.17) is 5.73 Å². The van der Waals surface area contributed by atoms with Crippen LogP contribution in [0.1, 0.15) is 40.0 Å². The second-order valence-electron chi connectivity index (χ2n) is 6.17. The van der Waals surface area contributed by atoms with Crippen LogP contribution in [-0.2, 0) is 0 Å². The van der Waals surface area contributed by atoms with Crippen LogP contribution in [-0.4, -0.2) is 65.8 Å². The van der Waals surface area contributed by atoms with Crippen LogP contribution in [0, 0.1) is 0 Å². The summed E-state index contributed by atoms with van der Waals surface area (Å²) < 4.78 is 0. The van der Waals surface area contributed by atoms with E-state index in [2.05, 4.69) is 30.7 Å². The van der Waals surface area contributed by atoms with Crippen molar-refractivity contribution < 1.29 is 5.11 Å². The second-order valence-corrected chi connectivity index (χ2v) is 6.17. The number of hydrogen-bond acceptors (Lipinski definition) is 4. The third-order valence-electron chi connectivity index (χ3n) is 4.16. The van der Waals surface area contributed by atoms with E-state index in [1.54, 1.807) is 0 Å². The van der Waals surface area contributed by atoms with Gasteiger partial charge in [0.2, 0.25) is 0 Å². The van der Waals surface area contributed by atoms with Gasteiger partial charge >= 0.3 is 0 Å². The Morgan fingerprint density at radius 3 is 2.67 bits per heavy atom. The number of nitrogens with two attached hydrogens (primary N) is 1. The van der Waals surface area contributed by atoms with E-state index in [9.17, 15) is 5.11 Å². The predicted molar refractivity (Wildman–Crippen MR) is 76.7 cm³/mol. The first-order chi connectivity index (χ1) is 8.39. The summed E-state index contributed by atoms with van der Waals surface area (Å²) in [5, 5.41) is 10.1. The fraction of sp³-hybridized carbons (Fsp3) is 1.00. The van der Waals surface area contributed by atoms with Crippen molar-refractivity contribution in [2.75, 3.05) is 33.2 Å². The van der Waals surface area contributed by atoms with Crippen molar-refractivity contribution in [2.24, 2.45) is 5.73 Å².